The van der Waals surface area contributed by atoms with Crippen LogP contribution in [0.2, 0.25) is 0 Å². The fraction of sp³-hybridized carbons (Fsp3) is 0.114. The molecule has 0 aliphatic heterocycles. The van der Waals surface area contributed by atoms with Crippen LogP contribution >= 0.6 is 102 Å². The predicted molar refractivity (Wildman–Crippen MR) is 212 cm³/mol. The van der Waals surface area contributed by atoms with Crippen LogP contribution < -0.4 is 0 Å². The van der Waals surface area contributed by atoms with Crippen LogP contribution in [-0.4, -0.2) is 21.3 Å². The van der Waals surface area contributed by atoms with E-state index in [0.717, 1.165) is 48.3 Å². The van der Waals surface area contributed by atoms with Crippen LogP contribution in [0.4, 0.5) is 0 Å². The first kappa shape index (κ1) is 34.6. The molecule has 0 spiro atoms. The molecule has 0 aromatic heterocycles. The minimum Gasteiger partial charge on any atom is -0.507 e. The largest absolute Gasteiger partial charge is 0.507 e. The lowest BCUT2D eigenvalue weighted by molar-refractivity contribution is 0.0469. The number of ether oxygens (including phenoxy) is 1. The summed E-state index contributed by atoms with van der Waals surface area (Å²) >= 11 is 10.00. The van der Waals surface area contributed by atoms with Crippen molar-refractivity contribution >= 4 is 108 Å². The smallest absolute Gasteiger partial charge is 0.342 e. The summed E-state index contributed by atoms with van der Waals surface area (Å²) in [7, 11) is 0. The summed E-state index contributed by atoms with van der Waals surface area (Å²) in [6.07, 6.45) is 0. The first-order valence-corrected chi connectivity index (χ1v) is 18.7. The Morgan fingerprint density at radius 3 is 1.84 bits per heavy atom. The molecule has 1 atom stereocenters. The zero-order valence-electron chi connectivity index (χ0n) is 23.9. The number of phenolic OH excluding ortho intramolecular Hbond substituents is 3. The molecule has 0 amide bonds. The molecule has 0 saturated heterocycles. The Kier molecular flexibility index (Phi) is 11.2. The normalized spacial score (nSPS) is 12.5. The standard InChI is InChI=1S/C35H26I4O5S/c1-19-12-22(13-27(36)31(19)40)35(2,23-14-28(37)33(42)29(38)15-23)21-8-10-24(11-9-21)45-25-16-26(32(41)30(39)17-25)34(43)44-18-20-6-4-3-5-7-20/h3-17,40-42H,18H2,1-2H3. The molecule has 0 fully saturated rings. The number of carbonyl (C=O) groups is 1. The molecule has 0 bridgehead atoms. The lowest BCUT2D eigenvalue weighted by atomic mass is 9.71. The van der Waals surface area contributed by atoms with E-state index in [4.69, 9.17) is 4.74 Å². The highest BCUT2D eigenvalue weighted by Gasteiger charge is 2.33. The zero-order chi connectivity index (χ0) is 32.5. The molecule has 0 aliphatic carbocycles. The molecule has 3 N–H and O–H groups in total. The second-order valence-corrected chi connectivity index (χ2v) is 16.3. The summed E-state index contributed by atoms with van der Waals surface area (Å²) < 4.78 is 8.35. The van der Waals surface area contributed by atoms with Gasteiger partial charge in [0.2, 0.25) is 0 Å². The number of benzene rings is 5. The lowest BCUT2D eigenvalue weighted by Crippen LogP contribution is -2.26. The molecular weight excluding hydrogens is 1040 g/mol. The molecule has 230 valence electrons. The third kappa shape index (κ3) is 7.54. The molecule has 0 saturated carbocycles. The van der Waals surface area contributed by atoms with Gasteiger partial charge in [-0.1, -0.05) is 60.3 Å². The second-order valence-electron chi connectivity index (χ2n) is 10.5. The zero-order valence-corrected chi connectivity index (χ0v) is 33.4. The van der Waals surface area contributed by atoms with Gasteiger partial charge in [0.1, 0.15) is 29.4 Å². The van der Waals surface area contributed by atoms with E-state index in [1.54, 1.807) is 6.07 Å². The van der Waals surface area contributed by atoms with Crippen molar-refractivity contribution in [2.24, 2.45) is 0 Å². The number of carbonyl (C=O) groups excluding carboxylic acids is 1. The van der Waals surface area contributed by atoms with Crippen LogP contribution in [0.5, 0.6) is 17.2 Å². The Morgan fingerprint density at radius 1 is 0.689 bits per heavy atom. The van der Waals surface area contributed by atoms with Gasteiger partial charge >= 0.3 is 5.97 Å². The Bertz CT molecular complexity index is 1790. The van der Waals surface area contributed by atoms with E-state index in [-0.39, 0.29) is 29.4 Å². The molecule has 10 heteroatoms. The molecule has 5 rings (SSSR count). The van der Waals surface area contributed by atoms with Gasteiger partial charge in [0, 0.05) is 15.2 Å². The molecule has 45 heavy (non-hydrogen) atoms. The van der Waals surface area contributed by atoms with Gasteiger partial charge in [0.05, 0.1) is 14.3 Å². The van der Waals surface area contributed by atoms with Gasteiger partial charge in [-0.25, -0.2) is 4.79 Å². The van der Waals surface area contributed by atoms with E-state index < -0.39 is 11.4 Å². The summed E-state index contributed by atoms with van der Waals surface area (Å²) in [5.41, 5.74) is 4.26. The highest BCUT2D eigenvalue weighted by molar-refractivity contribution is 14.1. The number of hydrogen-bond acceptors (Lipinski definition) is 6. The molecule has 0 heterocycles. The van der Waals surface area contributed by atoms with Crippen molar-refractivity contribution in [2.45, 2.75) is 35.7 Å². The minimum atomic E-state index is -0.598. The molecule has 1 unspecified atom stereocenters. The monoisotopic (exact) mass is 1070 g/mol. The Labute approximate surface area is 320 Å². The third-order valence-electron chi connectivity index (χ3n) is 7.56. The van der Waals surface area contributed by atoms with Gasteiger partial charge in [-0.05, 0) is 174 Å². The van der Waals surface area contributed by atoms with Gasteiger partial charge in [-0.2, -0.15) is 0 Å². The Hall–Kier alpha value is -1.76. The summed E-state index contributed by atoms with van der Waals surface area (Å²) in [6, 6.07) is 29.2. The maximum Gasteiger partial charge on any atom is 0.342 e. The van der Waals surface area contributed by atoms with Gasteiger partial charge in [0.15, 0.2) is 0 Å². The molecule has 5 aromatic rings. The van der Waals surface area contributed by atoms with Crippen molar-refractivity contribution in [3.63, 3.8) is 0 Å². The molecule has 0 aliphatic rings. The van der Waals surface area contributed by atoms with E-state index in [0.29, 0.717) is 3.57 Å². The van der Waals surface area contributed by atoms with Crippen molar-refractivity contribution in [3.8, 4) is 17.2 Å². The first-order chi connectivity index (χ1) is 21.4. The number of aryl methyl sites for hydroxylation is 1. The number of hydrogen-bond donors (Lipinski definition) is 3. The van der Waals surface area contributed by atoms with E-state index in [1.165, 1.54) is 11.8 Å². The number of esters is 1. The predicted octanol–water partition coefficient (Wildman–Crippen LogP) is 10.4. The van der Waals surface area contributed by atoms with Crippen molar-refractivity contribution < 1.29 is 24.9 Å². The average Bonchev–Trinajstić information content (AvgIpc) is 3.02. The van der Waals surface area contributed by atoms with Crippen LogP contribution in [0.15, 0.2) is 101 Å². The number of aromatic hydroxyl groups is 3. The second kappa shape index (κ2) is 14.6. The van der Waals surface area contributed by atoms with E-state index in [2.05, 4.69) is 86.8 Å². The fourth-order valence-corrected chi connectivity index (χ4v) is 9.23. The van der Waals surface area contributed by atoms with Gasteiger partial charge in [-0.3, -0.25) is 0 Å². The summed E-state index contributed by atoms with van der Waals surface area (Å²) in [5.74, 6) is -0.145. The van der Waals surface area contributed by atoms with Crippen LogP contribution in [-0.2, 0) is 16.8 Å². The molecule has 5 nitrogen and oxygen atoms in total. The van der Waals surface area contributed by atoms with Crippen molar-refractivity contribution in [2.75, 3.05) is 0 Å². The SMILES string of the molecule is Cc1cc(C(C)(c2ccc(Sc3cc(I)c(O)c(C(=O)OCc4ccccc4)c3)cc2)c2cc(I)c(O)c(I)c2)cc(I)c1O. The van der Waals surface area contributed by atoms with Gasteiger partial charge < -0.3 is 20.1 Å². The summed E-state index contributed by atoms with van der Waals surface area (Å²) in [6.45, 7) is 4.17. The van der Waals surface area contributed by atoms with E-state index >= 15 is 0 Å². The number of rotatable bonds is 8. The highest BCUT2D eigenvalue weighted by atomic mass is 127. The third-order valence-corrected chi connectivity index (χ3v) is 11.8. The quantitative estimate of drug-likeness (QED) is 0.0816. The average molecular weight is 1070 g/mol. The molecule has 5 aromatic carbocycles. The number of halogens is 4. The summed E-state index contributed by atoms with van der Waals surface area (Å²) in [5, 5.41) is 31.7. The molecule has 0 radical (unpaired) electrons. The van der Waals surface area contributed by atoms with Crippen LogP contribution in [0.1, 0.15) is 45.1 Å². The van der Waals surface area contributed by atoms with Crippen molar-refractivity contribution in [3.05, 3.63) is 139 Å². The van der Waals surface area contributed by atoms with Gasteiger partial charge in [-0.15, -0.1) is 0 Å². The van der Waals surface area contributed by atoms with E-state index in [9.17, 15) is 20.1 Å². The topological polar surface area (TPSA) is 87.0 Å². The Balaban J connectivity index is 1.48. The maximum absolute atomic E-state index is 12.9. The van der Waals surface area contributed by atoms with Crippen LogP contribution in [0.3, 0.4) is 0 Å². The minimum absolute atomic E-state index is 0.0962. The van der Waals surface area contributed by atoms with Crippen LogP contribution in [0, 0.1) is 21.2 Å². The van der Waals surface area contributed by atoms with Crippen molar-refractivity contribution in [1.29, 1.82) is 0 Å². The van der Waals surface area contributed by atoms with E-state index in [1.807, 2.05) is 102 Å². The van der Waals surface area contributed by atoms with Gasteiger partial charge in [0.25, 0.3) is 0 Å². The van der Waals surface area contributed by atoms with Crippen LogP contribution in [0.25, 0.3) is 0 Å². The summed E-state index contributed by atoms with van der Waals surface area (Å²) in [4.78, 5) is 14.7. The van der Waals surface area contributed by atoms with Crippen molar-refractivity contribution in [1.82, 2.24) is 0 Å². The first-order valence-electron chi connectivity index (χ1n) is 13.6. The lowest BCUT2D eigenvalue weighted by Gasteiger charge is -2.33. The number of phenols is 3. The highest BCUT2D eigenvalue weighted by Crippen LogP contribution is 2.44. The molecular formula is C35H26I4O5S. The maximum atomic E-state index is 12.9. The Morgan fingerprint density at radius 2 is 1.24 bits per heavy atom. The fourth-order valence-electron chi connectivity index (χ4n) is 4.96.